The predicted octanol–water partition coefficient (Wildman–Crippen LogP) is 1.69. The predicted molar refractivity (Wildman–Crippen MR) is 60.1 cm³/mol. The number of nitrogens with one attached hydrogen (secondary N) is 1. The van der Waals surface area contributed by atoms with Crippen molar-refractivity contribution in [3.8, 4) is 0 Å². The molecule has 2 rings (SSSR count). The van der Waals surface area contributed by atoms with E-state index in [0.29, 0.717) is 13.2 Å². The molecule has 1 atom stereocenters. The van der Waals surface area contributed by atoms with Crippen LogP contribution >= 0.6 is 0 Å². The molecule has 1 aliphatic rings. The highest BCUT2D eigenvalue weighted by atomic mass is 16.5. The number of hydrogen-bond acceptors (Lipinski definition) is 4. The first-order valence-electron chi connectivity index (χ1n) is 5.86. The van der Waals surface area contributed by atoms with Crippen molar-refractivity contribution in [2.24, 2.45) is 0 Å². The van der Waals surface area contributed by atoms with Crippen LogP contribution in [0.3, 0.4) is 0 Å². The van der Waals surface area contributed by atoms with E-state index in [1.165, 1.54) is 0 Å². The second-order valence-corrected chi connectivity index (χ2v) is 3.94. The van der Waals surface area contributed by atoms with Crippen LogP contribution in [-0.4, -0.2) is 25.9 Å². The summed E-state index contributed by atoms with van der Waals surface area (Å²) in [5, 5.41) is 3.22. The molecule has 16 heavy (non-hydrogen) atoms. The number of ether oxygens (including phenoxy) is 2. The Morgan fingerprint density at radius 2 is 2.31 bits per heavy atom. The minimum absolute atomic E-state index is 0.238. The van der Waals surface area contributed by atoms with Crippen LogP contribution in [0, 0.1) is 0 Å². The summed E-state index contributed by atoms with van der Waals surface area (Å²) in [4.78, 5) is 0. The minimum Gasteiger partial charge on any atom is -0.462 e. The lowest BCUT2D eigenvalue weighted by molar-refractivity contribution is 0.0230. The van der Waals surface area contributed by atoms with E-state index in [0.717, 1.165) is 37.6 Å². The highest BCUT2D eigenvalue weighted by molar-refractivity contribution is 5.06. The largest absolute Gasteiger partial charge is 0.462 e. The highest BCUT2D eigenvalue weighted by Gasteiger charge is 2.16. The van der Waals surface area contributed by atoms with E-state index in [2.05, 4.69) is 12.2 Å². The Morgan fingerprint density at radius 1 is 1.44 bits per heavy atom. The molecule has 0 aromatic carbocycles. The Labute approximate surface area is 95.9 Å². The van der Waals surface area contributed by atoms with Crippen molar-refractivity contribution < 1.29 is 13.9 Å². The van der Waals surface area contributed by atoms with Gasteiger partial charge in [-0.1, -0.05) is 6.92 Å². The molecule has 1 N–H and O–H groups in total. The summed E-state index contributed by atoms with van der Waals surface area (Å²) < 4.78 is 16.5. The molecule has 0 radical (unpaired) electrons. The van der Waals surface area contributed by atoms with Gasteiger partial charge in [0.25, 0.3) is 0 Å². The fraction of sp³-hybridized carbons (Fsp3) is 0.667. The minimum atomic E-state index is 0.238. The summed E-state index contributed by atoms with van der Waals surface area (Å²) >= 11 is 0. The number of rotatable bonds is 6. The molecular weight excluding hydrogens is 206 g/mol. The fourth-order valence-corrected chi connectivity index (χ4v) is 1.69. The van der Waals surface area contributed by atoms with Crippen molar-refractivity contribution in [1.82, 2.24) is 5.32 Å². The molecule has 0 aliphatic carbocycles. The molecule has 0 saturated carbocycles. The van der Waals surface area contributed by atoms with Gasteiger partial charge >= 0.3 is 0 Å². The molecule has 1 saturated heterocycles. The zero-order valence-electron chi connectivity index (χ0n) is 9.70. The van der Waals surface area contributed by atoms with E-state index in [4.69, 9.17) is 13.9 Å². The fourth-order valence-electron chi connectivity index (χ4n) is 1.69. The molecule has 1 aromatic rings. The summed E-state index contributed by atoms with van der Waals surface area (Å²) in [5.41, 5.74) is 0. The van der Waals surface area contributed by atoms with E-state index >= 15 is 0 Å². The summed E-state index contributed by atoms with van der Waals surface area (Å²) in [6.07, 6.45) is 1.23. The average molecular weight is 225 g/mol. The van der Waals surface area contributed by atoms with Crippen LogP contribution in [0.2, 0.25) is 0 Å². The van der Waals surface area contributed by atoms with E-state index in [1.807, 2.05) is 12.1 Å². The maximum atomic E-state index is 5.67. The first-order valence-corrected chi connectivity index (χ1v) is 5.86. The van der Waals surface area contributed by atoms with Gasteiger partial charge in [0.05, 0.1) is 19.3 Å². The van der Waals surface area contributed by atoms with Crippen LogP contribution in [-0.2, 0) is 22.6 Å². The van der Waals surface area contributed by atoms with Crippen LogP contribution in [0.1, 0.15) is 24.9 Å². The molecule has 0 amide bonds. The first kappa shape index (κ1) is 11.6. The average Bonchev–Trinajstić information content (AvgIpc) is 2.95. The molecule has 1 aromatic heterocycles. The van der Waals surface area contributed by atoms with Crippen molar-refractivity contribution in [3.63, 3.8) is 0 Å². The lowest BCUT2D eigenvalue weighted by Gasteiger charge is -2.07. The Morgan fingerprint density at radius 3 is 3.06 bits per heavy atom. The van der Waals surface area contributed by atoms with E-state index in [9.17, 15) is 0 Å². The number of furan rings is 1. The molecule has 0 bridgehead atoms. The van der Waals surface area contributed by atoms with Gasteiger partial charge in [-0.3, -0.25) is 0 Å². The van der Waals surface area contributed by atoms with Gasteiger partial charge in [-0.2, -0.15) is 0 Å². The lowest BCUT2D eigenvalue weighted by Crippen LogP contribution is -2.12. The standard InChI is InChI=1S/C12H19NO3/c1-2-13-7-10-3-4-12(16-10)9-15-11-5-6-14-8-11/h3-4,11,13H,2,5-9H2,1H3. The Hall–Kier alpha value is -0.840. The SMILES string of the molecule is CCNCc1ccc(COC2CCOC2)o1. The zero-order valence-corrected chi connectivity index (χ0v) is 9.70. The highest BCUT2D eigenvalue weighted by Crippen LogP contribution is 2.13. The van der Waals surface area contributed by atoms with Crippen molar-refractivity contribution in [1.29, 1.82) is 0 Å². The number of hydrogen-bond donors (Lipinski definition) is 1. The molecule has 4 heteroatoms. The van der Waals surface area contributed by atoms with Crippen molar-refractivity contribution >= 4 is 0 Å². The third kappa shape index (κ3) is 3.33. The van der Waals surface area contributed by atoms with Crippen molar-refractivity contribution in [3.05, 3.63) is 23.7 Å². The van der Waals surface area contributed by atoms with Crippen LogP contribution < -0.4 is 5.32 Å². The topological polar surface area (TPSA) is 43.6 Å². The normalized spacial score (nSPS) is 20.4. The van der Waals surface area contributed by atoms with Gasteiger partial charge in [0.15, 0.2) is 0 Å². The van der Waals surface area contributed by atoms with Crippen LogP contribution in [0.5, 0.6) is 0 Å². The first-order chi connectivity index (χ1) is 7.88. The van der Waals surface area contributed by atoms with E-state index < -0.39 is 0 Å². The van der Waals surface area contributed by atoms with Crippen molar-refractivity contribution in [2.45, 2.75) is 32.6 Å². The van der Waals surface area contributed by atoms with Crippen LogP contribution in [0.15, 0.2) is 16.5 Å². The Bertz CT molecular complexity index is 305. The summed E-state index contributed by atoms with van der Waals surface area (Å²) in [5.74, 6) is 1.85. The maximum Gasteiger partial charge on any atom is 0.129 e. The lowest BCUT2D eigenvalue weighted by atomic mass is 10.3. The maximum absolute atomic E-state index is 5.67. The molecular formula is C12H19NO3. The van der Waals surface area contributed by atoms with Gasteiger partial charge in [0.2, 0.25) is 0 Å². The summed E-state index contributed by atoms with van der Waals surface area (Å²) in [6, 6.07) is 3.97. The molecule has 4 nitrogen and oxygen atoms in total. The van der Waals surface area contributed by atoms with Crippen LogP contribution in [0.25, 0.3) is 0 Å². The van der Waals surface area contributed by atoms with E-state index in [1.54, 1.807) is 0 Å². The molecule has 0 spiro atoms. The molecule has 1 fully saturated rings. The van der Waals surface area contributed by atoms with Gasteiger partial charge < -0.3 is 19.2 Å². The Kier molecular flexibility index (Phi) is 4.39. The third-order valence-corrected chi connectivity index (χ3v) is 2.62. The van der Waals surface area contributed by atoms with Gasteiger partial charge in [0, 0.05) is 6.61 Å². The second kappa shape index (κ2) is 6.03. The molecule has 2 heterocycles. The molecule has 1 unspecified atom stereocenters. The third-order valence-electron chi connectivity index (χ3n) is 2.62. The van der Waals surface area contributed by atoms with Crippen LogP contribution in [0.4, 0.5) is 0 Å². The second-order valence-electron chi connectivity index (χ2n) is 3.94. The van der Waals surface area contributed by atoms with Gasteiger partial charge in [-0.05, 0) is 25.1 Å². The summed E-state index contributed by atoms with van der Waals surface area (Å²) in [6.45, 7) is 5.88. The monoisotopic (exact) mass is 225 g/mol. The smallest absolute Gasteiger partial charge is 0.129 e. The quantitative estimate of drug-likeness (QED) is 0.800. The molecule has 1 aliphatic heterocycles. The van der Waals surface area contributed by atoms with Gasteiger partial charge in [0.1, 0.15) is 18.1 Å². The Balaban J connectivity index is 1.73. The van der Waals surface area contributed by atoms with Gasteiger partial charge in [-0.25, -0.2) is 0 Å². The zero-order chi connectivity index (χ0) is 11.2. The molecule has 90 valence electrons. The van der Waals surface area contributed by atoms with Gasteiger partial charge in [-0.15, -0.1) is 0 Å². The van der Waals surface area contributed by atoms with Crippen molar-refractivity contribution in [2.75, 3.05) is 19.8 Å². The summed E-state index contributed by atoms with van der Waals surface area (Å²) in [7, 11) is 0. The van der Waals surface area contributed by atoms with E-state index in [-0.39, 0.29) is 6.10 Å².